The topological polar surface area (TPSA) is 216 Å². The predicted molar refractivity (Wildman–Crippen MR) is 84.2 cm³/mol. The normalized spacial score (nSPS) is 45.5. The minimum Gasteiger partial charge on any atom is -0.452 e. The van der Waals surface area contributed by atoms with Gasteiger partial charge in [-0.05, 0) is 6.92 Å². The van der Waals surface area contributed by atoms with E-state index < -0.39 is 86.7 Å². The second kappa shape index (κ2) is 9.69. The first kappa shape index (κ1) is 23.3. The molecule has 0 aromatic heterocycles. The fourth-order valence-electron chi connectivity index (χ4n) is 2.81. The molecule has 0 aliphatic carbocycles. The van der Waals surface area contributed by atoms with E-state index >= 15 is 0 Å². The Hall–Kier alpha value is -0.970. The Morgan fingerprint density at radius 3 is 2.11 bits per heavy atom. The van der Waals surface area contributed by atoms with Gasteiger partial charge in [-0.25, -0.2) is 4.79 Å². The summed E-state index contributed by atoms with van der Waals surface area (Å²) in [4.78, 5) is 11.7. The van der Waals surface area contributed by atoms with Crippen LogP contribution in [0.1, 0.15) is 6.92 Å². The molecule has 13 nitrogen and oxygen atoms in total. The summed E-state index contributed by atoms with van der Waals surface area (Å²) < 4.78 is 20.4. The molecule has 164 valence electrons. The molecule has 8 N–H and O–H groups in total. The SMILES string of the molecule is CC(O)C(=O)O[C@H]1[C@@H](OC[C@H]2O[C@@H](O)[C@H](O)[C@@H](O)[C@@H]2O)O[C@H](CO)[C@H](O)[C@@H]1O. The second-order valence-corrected chi connectivity index (χ2v) is 6.65. The minimum atomic E-state index is -1.80. The van der Waals surface area contributed by atoms with Crippen molar-refractivity contribution in [1.29, 1.82) is 0 Å². The quantitative estimate of drug-likeness (QED) is 0.191. The van der Waals surface area contributed by atoms with E-state index in [9.17, 15) is 45.6 Å². The van der Waals surface area contributed by atoms with Gasteiger partial charge in [-0.2, -0.15) is 0 Å². The number of hydrogen-bond donors (Lipinski definition) is 8. The molecule has 0 saturated carbocycles. The predicted octanol–water partition coefficient (Wildman–Crippen LogP) is -5.47. The average Bonchev–Trinajstić information content (AvgIpc) is 2.66. The van der Waals surface area contributed by atoms with Crippen molar-refractivity contribution in [2.45, 2.75) is 74.4 Å². The molecular formula is C15H26O13. The van der Waals surface area contributed by atoms with Crippen molar-refractivity contribution in [3.05, 3.63) is 0 Å². The van der Waals surface area contributed by atoms with Gasteiger partial charge in [0.2, 0.25) is 0 Å². The molecule has 2 aliphatic rings. The maximum absolute atomic E-state index is 11.7. The van der Waals surface area contributed by atoms with Crippen LogP contribution in [0.2, 0.25) is 0 Å². The van der Waals surface area contributed by atoms with Crippen LogP contribution in [-0.2, 0) is 23.7 Å². The van der Waals surface area contributed by atoms with E-state index in [1.807, 2.05) is 0 Å². The molecule has 2 heterocycles. The highest BCUT2D eigenvalue weighted by Crippen LogP contribution is 2.27. The van der Waals surface area contributed by atoms with E-state index in [2.05, 4.69) is 0 Å². The molecule has 2 fully saturated rings. The number of hydrogen-bond acceptors (Lipinski definition) is 13. The van der Waals surface area contributed by atoms with Gasteiger partial charge in [0.25, 0.3) is 0 Å². The highest BCUT2D eigenvalue weighted by atomic mass is 16.7. The second-order valence-electron chi connectivity index (χ2n) is 6.65. The van der Waals surface area contributed by atoms with Gasteiger partial charge in [0, 0.05) is 0 Å². The minimum absolute atomic E-state index is 0.559. The zero-order chi connectivity index (χ0) is 21.2. The van der Waals surface area contributed by atoms with Crippen LogP contribution in [0.25, 0.3) is 0 Å². The summed E-state index contributed by atoms with van der Waals surface area (Å²) in [7, 11) is 0. The molecule has 11 atom stereocenters. The zero-order valence-corrected chi connectivity index (χ0v) is 14.9. The van der Waals surface area contributed by atoms with Gasteiger partial charge in [-0.3, -0.25) is 0 Å². The summed E-state index contributed by atoms with van der Waals surface area (Å²) in [5.41, 5.74) is 0. The largest absolute Gasteiger partial charge is 0.452 e. The van der Waals surface area contributed by atoms with Gasteiger partial charge >= 0.3 is 5.97 Å². The summed E-state index contributed by atoms with van der Waals surface area (Å²) in [5, 5.41) is 77.2. The Kier molecular flexibility index (Phi) is 8.06. The van der Waals surface area contributed by atoms with Crippen molar-refractivity contribution >= 4 is 5.97 Å². The Balaban J connectivity index is 2.09. The Morgan fingerprint density at radius 1 is 0.929 bits per heavy atom. The number of esters is 1. The van der Waals surface area contributed by atoms with E-state index in [4.69, 9.17) is 18.9 Å². The van der Waals surface area contributed by atoms with Gasteiger partial charge < -0.3 is 59.8 Å². The van der Waals surface area contributed by atoms with Gasteiger partial charge in [0.15, 0.2) is 18.7 Å². The molecule has 0 amide bonds. The lowest BCUT2D eigenvalue weighted by molar-refractivity contribution is -0.327. The van der Waals surface area contributed by atoms with Crippen LogP contribution < -0.4 is 0 Å². The smallest absolute Gasteiger partial charge is 0.335 e. The number of rotatable bonds is 6. The summed E-state index contributed by atoms with van der Waals surface area (Å²) in [6, 6.07) is 0. The van der Waals surface area contributed by atoms with E-state index in [1.165, 1.54) is 0 Å². The van der Waals surface area contributed by atoms with Crippen molar-refractivity contribution in [2.75, 3.05) is 13.2 Å². The van der Waals surface area contributed by atoms with Crippen molar-refractivity contribution in [2.24, 2.45) is 0 Å². The average molecular weight is 414 g/mol. The van der Waals surface area contributed by atoms with Gasteiger partial charge in [0.1, 0.15) is 48.8 Å². The molecule has 0 spiro atoms. The third kappa shape index (κ3) is 4.95. The zero-order valence-electron chi connectivity index (χ0n) is 14.9. The summed E-state index contributed by atoms with van der Waals surface area (Å²) >= 11 is 0. The Bertz CT molecular complexity index is 516. The molecule has 0 aromatic rings. The first-order chi connectivity index (χ1) is 13.1. The van der Waals surface area contributed by atoms with E-state index in [0.717, 1.165) is 6.92 Å². The van der Waals surface area contributed by atoms with Gasteiger partial charge in [-0.1, -0.05) is 0 Å². The number of aliphatic hydroxyl groups excluding tert-OH is 8. The fraction of sp³-hybridized carbons (Fsp3) is 0.933. The number of carbonyl (C=O) groups is 1. The van der Waals surface area contributed by atoms with Gasteiger partial charge in [-0.15, -0.1) is 0 Å². The van der Waals surface area contributed by atoms with Crippen molar-refractivity contribution in [3.8, 4) is 0 Å². The molecule has 0 bridgehead atoms. The van der Waals surface area contributed by atoms with E-state index in [0.29, 0.717) is 0 Å². The van der Waals surface area contributed by atoms with Crippen LogP contribution in [0.15, 0.2) is 0 Å². The molecule has 0 aromatic carbocycles. The summed E-state index contributed by atoms with van der Waals surface area (Å²) in [6.45, 7) is -0.154. The summed E-state index contributed by atoms with van der Waals surface area (Å²) in [6.07, 6.45) is -17.6. The molecule has 2 rings (SSSR count). The molecule has 0 radical (unpaired) electrons. The lowest BCUT2D eigenvalue weighted by Gasteiger charge is -2.43. The van der Waals surface area contributed by atoms with Crippen LogP contribution >= 0.6 is 0 Å². The molecular weight excluding hydrogens is 388 g/mol. The van der Waals surface area contributed by atoms with Crippen molar-refractivity contribution in [3.63, 3.8) is 0 Å². The third-order valence-electron chi connectivity index (χ3n) is 4.53. The van der Waals surface area contributed by atoms with Crippen LogP contribution in [0.3, 0.4) is 0 Å². The van der Waals surface area contributed by atoms with Crippen LogP contribution in [0, 0.1) is 0 Å². The fourth-order valence-corrected chi connectivity index (χ4v) is 2.81. The van der Waals surface area contributed by atoms with Crippen molar-refractivity contribution in [1.82, 2.24) is 0 Å². The molecule has 28 heavy (non-hydrogen) atoms. The highest BCUT2D eigenvalue weighted by Gasteiger charge is 2.49. The monoisotopic (exact) mass is 414 g/mol. The van der Waals surface area contributed by atoms with Crippen LogP contribution in [0.4, 0.5) is 0 Å². The lowest BCUT2D eigenvalue weighted by Crippen LogP contribution is -2.62. The molecule has 1 unspecified atom stereocenters. The standard InChI is InChI=1S/C15H26O13/c1-4(17)13(23)28-12-10(21)7(18)5(2-16)27-15(12)25-3-6-8(19)9(20)11(22)14(24)26-6/h4-12,14-22,24H,2-3H2,1H3/t4?,5-,6-,7+,8-,9+,10+,11-,12-,14-,15+/m1/s1. The molecule has 2 aliphatic heterocycles. The summed E-state index contributed by atoms with van der Waals surface area (Å²) in [5.74, 6) is -1.14. The number of carbonyl (C=O) groups excluding carboxylic acids is 1. The van der Waals surface area contributed by atoms with E-state index in [1.54, 1.807) is 0 Å². The maximum Gasteiger partial charge on any atom is 0.335 e. The maximum atomic E-state index is 11.7. The first-order valence-corrected chi connectivity index (χ1v) is 8.58. The molecule has 13 heteroatoms. The van der Waals surface area contributed by atoms with Gasteiger partial charge in [0.05, 0.1) is 13.2 Å². The number of aliphatic hydroxyl groups is 8. The Morgan fingerprint density at radius 2 is 1.54 bits per heavy atom. The lowest BCUT2D eigenvalue weighted by atomic mass is 9.98. The Labute approximate surface area is 159 Å². The van der Waals surface area contributed by atoms with Crippen molar-refractivity contribution < 1.29 is 64.6 Å². The van der Waals surface area contributed by atoms with Crippen LogP contribution in [-0.4, -0.2) is 128 Å². The molecule has 2 saturated heterocycles. The third-order valence-corrected chi connectivity index (χ3v) is 4.53. The van der Waals surface area contributed by atoms with Crippen LogP contribution in [0.5, 0.6) is 0 Å². The first-order valence-electron chi connectivity index (χ1n) is 8.58. The highest BCUT2D eigenvalue weighted by molar-refractivity contribution is 5.74. The van der Waals surface area contributed by atoms with E-state index in [-0.39, 0.29) is 0 Å². The number of ether oxygens (including phenoxy) is 4.